The smallest absolute Gasteiger partial charge is 0.234 e. The van der Waals surface area contributed by atoms with Crippen molar-refractivity contribution in [3.63, 3.8) is 0 Å². The molecule has 1 heterocycles. The molecule has 1 aliphatic heterocycles. The van der Waals surface area contributed by atoms with Crippen LogP contribution in [0.5, 0.6) is 0 Å². The number of amides is 1. The molecule has 0 unspecified atom stereocenters. The Bertz CT molecular complexity index is 252. The molecule has 1 fully saturated rings. The van der Waals surface area contributed by atoms with Crippen molar-refractivity contribution >= 4 is 5.91 Å². The number of hydrogen-bond donors (Lipinski definition) is 2. The summed E-state index contributed by atoms with van der Waals surface area (Å²) in [7, 11) is 2.19. The molecule has 0 atom stereocenters. The van der Waals surface area contributed by atoms with Crippen molar-refractivity contribution in [2.45, 2.75) is 45.6 Å². The second-order valence-corrected chi connectivity index (χ2v) is 6.51. The van der Waals surface area contributed by atoms with Crippen LogP contribution in [0, 0.1) is 5.92 Å². The van der Waals surface area contributed by atoms with Gasteiger partial charge in [-0.15, -0.1) is 0 Å². The van der Waals surface area contributed by atoms with Crippen molar-refractivity contribution < 1.29 is 4.79 Å². The van der Waals surface area contributed by atoms with E-state index in [0.29, 0.717) is 6.54 Å². The fourth-order valence-corrected chi connectivity index (χ4v) is 2.32. The highest BCUT2D eigenvalue weighted by atomic mass is 16.2. The zero-order valence-corrected chi connectivity index (χ0v) is 12.4. The van der Waals surface area contributed by atoms with Gasteiger partial charge >= 0.3 is 0 Å². The van der Waals surface area contributed by atoms with Crippen LogP contribution in [-0.4, -0.2) is 49.6 Å². The van der Waals surface area contributed by atoms with Gasteiger partial charge in [0, 0.05) is 5.54 Å². The number of piperidine rings is 1. The molecule has 0 aromatic rings. The van der Waals surface area contributed by atoms with Gasteiger partial charge in [-0.2, -0.15) is 0 Å². The number of hydrogen-bond acceptors (Lipinski definition) is 3. The molecule has 0 aliphatic carbocycles. The Kier molecular flexibility index (Phi) is 6.09. The Morgan fingerprint density at radius 2 is 1.89 bits per heavy atom. The first-order valence-corrected chi connectivity index (χ1v) is 7.07. The second kappa shape index (κ2) is 7.10. The van der Waals surface area contributed by atoms with E-state index in [2.05, 4.69) is 22.6 Å². The van der Waals surface area contributed by atoms with Gasteiger partial charge in [0.25, 0.3) is 0 Å². The average Bonchev–Trinajstić information content (AvgIpc) is 2.24. The third-order valence-electron chi connectivity index (χ3n) is 3.37. The molecule has 4 heteroatoms. The van der Waals surface area contributed by atoms with Crippen LogP contribution in [0.1, 0.15) is 40.0 Å². The highest BCUT2D eigenvalue weighted by Crippen LogP contribution is 2.18. The van der Waals surface area contributed by atoms with Crippen LogP contribution in [0.25, 0.3) is 0 Å². The van der Waals surface area contributed by atoms with Crippen LogP contribution >= 0.6 is 0 Å². The molecule has 2 N–H and O–H groups in total. The SMILES string of the molecule is CN1CCC(CCNCC(=O)NC(C)(C)C)CC1. The van der Waals surface area contributed by atoms with Gasteiger partial charge in [0.2, 0.25) is 5.91 Å². The van der Waals surface area contributed by atoms with Crippen molar-refractivity contribution in [1.29, 1.82) is 0 Å². The Labute approximate surface area is 111 Å². The highest BCUT2D eigenvalue weighted by Gasteiger charge is 2.16. The largest absolute Gasteiger partial charge is 0.350 e. The highest BCUT2D eigenvalue weighted by molar-refractivity contribution is 5.78. The quantitative estimate of drug-likeness (QED) is 0.726. The Morgan fingerprint density at radius 1 is 1.28 bits per heavy atom. The molecule has 0 aromatic carbocycles. The average molecular weight is 255 g/mol. The molecule has 18 heavy (non-hydrogen) atoms. The molecular weight excluding hydrogens is 226 g/mol. The van der Waals surface area contributed by atoms with E-state index >= 15 is 0 Å². The number of nitrogens with zero attached hydrogens (tertiary/aromatic N) is 1. The fourth-order valence-electron chi connectivity index (χ4n) is 2.32. The van der Waals surface area contributed by atoms with Crippen molar-refractivity contribution in [3.05, 3.63) is 0 Å². The van der Waals surface area contributed by atoms with Crippen molar-refractivity contribution in [3.8, 4) is 0 Å². The van der Waals surface area contributed by atoms with Gasteiger partial charge in [-0.25, -0.2) is 0 Å². The summed E-state index contributed by atoms with van der Waals surface area (Å²) in [6.45, 7) is 9.83. The minimum atomic E-state index is -0.132. The third-order valence-corrected chi connectivity index (χ3v) is 3.37. The first-order valence-electron chi connectivity index (χ1n) is 7.07. The maximum atomic E-state index is 11.6. The van der Waals surface area contributed by atoms with Gasteiger partial charge in [-0.3, -0.25) is 4.79 Å². The maximum absolute atomic E-state index is 11.6. The molecule has 0 saturated carbocycles. The molecule has 1 amide bonds. The van der Waals surface area contributed by atoms with Gasteiger partial charge in [-0.05, 0) is 72.6 Å². The van der Waals surface area contributed by atoms with E-state index in [1.54, 1.807) is 0 Å². The first-order chi connectivity index (χ1) is 8.37. The van der Waals surface area contributed by atoms with E-state index in [4.69, 9.17) is 0 Å². The molecule has 106 valence electrons. The van der Waals surface area contributed by atoms with E-state index < -0.39 is 0 Å². The summed E-state index contributed by atoms with van der Waals surface area (Å²) >= 11 is 0. The topological polar surface area (TPSA) is 44.4 Å². The Hall–Kier alpha value is -0.610. The van der Waals surface area contributed by atoms with Gasteiger partial charge in [0.1, 0.15) is 0 Å². The molecule has 0 spiro atoms. The third kappa shape index (κ3) is 6.97. The summed E-state index contributed by atoms with van der Waals surface area (Å²) in [6, 6.07) is 0. The lowest BCUT2D eigenvalue weighted by Crippen LogP contribution is -2.45. The number of likely N-dealkylation sites (tertiary alicyclic amines) is 1. The Morgan fingerprint density at radius 3 is 2.44 bits per heavy atom. The fraction of sp³-hybridized carbons (Fsp3) is 0.929. The van der Waals surface area contributed by atoms with E-state index in [9.17, 15) is 4.79 Å². The van der Waals surface area contributed by atoms with Crippen LogP contribution in [0.15, 0.2) is 0 Å². The molecule has 0 aromatic heterocycles. The zero-order valence-electron chi connectivity index (χ0n) is 12.4. The molecule has 1 saturated heterocycles. The summed E-state index contributed by atoms with van der Waals surface area (Å²) < 4.78 is 0. The molecule has 1 rings (SSSR count). The lowest BCUT2D eigenvalue weighted by Gasteiger charge is -2.29. The lowest BCUT2D eigenvalue weighted by molar-refractivity contribution is -0.121. The van der Waals surface area contributed by atoms with E-state index in [0.717, 1.165) is 12.5 Å². The minimum absolute atomic E-state index is 0.0888. The second-order valence-electron chi connectivity index (χ2n) is 6.51. The van der Waals surface area contributed by atoms with Gasteiger partial charge in [0.15, 0.2) is 0 Å². The van der Waals surface area contributed by atoms with Crippen LogP contribution in [0.4, 0.5) is 0 Å². The summed E-state index contributed by atoms with van der Waals surface area (Å²) in [5, 5.41) is 6.20. The predicted molar refractivity (Wildman–Crippen MR) is 75.6 cm³/mol. The molecule has 0 radical (unpaired) electrons. The maximum Gasteiger partial charge on any atom is 0.234 e. The standard InChI is InChI=1S/C14H29N3O/c1-14(2,3)16-13(18)11-15-8-5-12-6-9-17(4)10-7-12/h12,15H,5-11H2,1-4H3,(H,16,18). The monoisotopic (exact) mass is 255 g/mol. The molecular formula is C14H29N3O. The van der Waals surface area contributed by atoms with Crippen molar-refractivity contribution in [1.82, 2.24) is 15.5 Å². The number of rotatable bonds is 5. The van der Waals surface area contributed by atoms with Crippen LogP contribution in [0.3, 0.4) is 0 Å². The van der Waals surface area contributed by atoms with Gasteiger partial charge in [-0.1, -0.05) is 0 Å². The normalized spacial score (nSPS) is 18.9. The molecule has 0 bridgehead atoms. The number of carbonyl (C=O) groups is 1. The number of carbonyl (C=O) groups excluding carboxylic acids is 1. The summed E-state index contributed by atoms with van der Waals surface area (Å²) in [6.07, 6.45) is 3.79. The minimum Gasteiger partial charge on any atom is -0.350 e. The van der Waals surface area contributed by atoms with E-state index in [1.807, 2.05) is 20.8 Å². The van der Waals surface area contributed by atoms with Crippen LogP contribution in [-0.2, 0) is 4.79 Å². The Balaban J connectivity index is 2.03. The van der Waals surface area contributed by atoms with E-state index in [1.165, 1.54) is 32.4 Å². The van der Waals surface area contributed by atoms with Gasteiger partial charge < -0.3 is 15.5 Å². The summed E-state index contributed by atoms with van der Waals surface area (Å²) in [5.41, 5.74) is -0.132. The molecule has 1 aliphatic rings. The van der Waals surface area contributed by atoms with Crippen LogP contribution in [0.2, 0.25) is 0 Å². The lowest BCUT2D eigenvalue weighted by atomic mass is 9.94. The van der Waals surface area contributed by atoms with E-state index in [-0.39, 0.29) is 11.4 Å². The molecule has 4 nitrogen and oxygen atoms in total. The first kappa shape index (κ1) is 15.4. The van der Waals surface area contributed by atoms with Crippen molar-refractivity contribution in [2.24, 2.45) is 5.92 Å². The zero-order chi connectivity index (χ0) is 13.6. The van der Waals surface area contributed by atoms with Crippen LogP contribution < -0.4 is 10.6 Å². The predicted octanol–water partition coefficient (Wildman–Crippen LogP) is 1.22. The summed E-state index contributed by atoms with van der Waals surface area (Å²) in [4.78, 5) is 14.0. The number of nitrogens with one attached hydrogen (secondary N) is 2. The summed E-state index contributed by atoms with van der Waals surface area (Å²) in [5.74, 6) is 0.922. The van der Waals surface area contributed by atoms with Gasteiger partial charge in [0.05, 0.1) is 6.54 Å². The van der Waals surface area contributed by atoms with Crippen molar-refractivity contribution in [2.75, 3.05) is 33.2 Å².